The minimum Gasteiger partial charge on any atom is -0.298 e. The molecule has 0 aliphatic heterocycles. The number of azide groups is 1. The number of aryl methyl sites for hydroxylation is 2. The van der Waals surface area contributed by atoms with E-state index in [2.05, 4.69) is 27.5 Å². The van der Waals surface area contributed by atoms with Crippen LogP contribution in [0, 0.1) is 25.2 Å². The maximum Gasteiger partial charge on any atom is 0.121 e. The molecule has 0 radical (unpaired) electrons. The van der Waals surface area contributed by atoms with E-state index in [-0.39, 0.29) is 6.04 Å². The van der Waals surface area contributed by atoms with Gasteiger partial charge in [-0.3, -0.25) is 5.32 Å². The summed E-state index contributed by atoms with van der Waals surface area (Å²) in [5, 5.41) is 15.8. The van der Waals surface area contributed by atoms with E-state index in [1.54, 1.807) is 0 Å². The van der Waals surface area contributed by atoms with Crippen LogP contribution in [0.5, 0.6) is 0 Å². The molecule has 5 heteroatoms. The maximum absolute atomic E-state index is 9.18. The zero-order valence-electron chi connectivity index (χ0n) is 10.7. The summed E-state index contributed by atoms with van der Waals surface area (Å²) < 4.78 is 0. The van der Waals surface area contributed by atoms with Gasteiger partial charge in [-0.1, -0.05) is 28.9 Å². The fourth-order valence-corrected chi connectivity index (χ4v) is 1.82. The summed E-state index contributed by atoms with van der Waals surface area (Å²) in [4.78, 5) is 2.69. The van der Waals surface area contributed by atoms with Crippen molar-refractivity contribution in [1.29, 1.82) is 5.26 Å². The Morgan fingerprint density at radius 1 is 1.50 bits per heavy atom. The van der Waals surface area contributed by atoms with Gasteiger partial charge in [0.15, 0.2) is 0 Å². The van der Waals surface area contributed by atoms with Crippen LogP contribution in [0.1, 0.15) is 29.2 Å². The Morgan fingerprint density at radius 3 is 2.89 bits per heavy atom. The van der Waals surface area contributed by atoms with Gasteiger partial charge in [0.2, 0.25) is 0 Å². The lowest BCUT2D eigenvalue weighted by atomic mass is 10.00. The van der Waals surface area contributed by atoms with Crippen LogP contribution in [0.25, 0.3) is 10.4 Å². The third kappa shape index (κ3) is 4.10. The molecular weight excluding hydrogens is 226 g/mol. The lowest BCUT2D eigenvalue weighted by molar-refractivity contribution is 0.605. The highest BCUT2D eigenvalue weighted by atomic mass is 15.1. The molecule has 0 spiro atoms. The minimum atomic E-state index is -0.309. The van der Waals surface area contributed by atoms with Gasteiger partial charge in [0.05, 0.1) is 6.07 Å². The van der Waals surface area contributed by atoms with E-state index < -0.39 is 0 Å². The summed E-state index contributed by atoms with van der Waals surface area (Å²) in [6.45, 7) is 5.15. The Hall–Kier alpha value is -2.02. The van der Waals surface area contributed by atoms with Crippen molar-refractivity contribution in [3.05, 3.63) is 45.3 Å². The predicted octanol–water partition coefficient (Wildman–Crippen LogP) is 3.16. The summed E-state index contributed by atoms with van der Waals surface area (Å²) in [5.41, 5.74) is 11.5. The fourth-order valence-electron chi connectivity index (χ4n) is 1.82. The third-order valence-corrected chi connectivity index (χ3v) is 2.71. The van der Waals surface area contributed by atoms with Gasteiger partial charge >= 0.3 is 0 Å². The van der Waals surface area contributed by atoms with Crippen molar-refractivity contribution in [3.63, 3.8) is 0 Å². The molecule has 5 nitrogen and oxygen atoms in total. The van der Waals surface area contributed by atoms with Crippen LogP contribution in [0.3, 0.4) is 0 Å². The number of nitrogens with one attached hydrogen (secondary N) is 1. The van der Waals surface area contributed by atoms with Gasteiger partial charge in [-0.15, -0.1) is 0 Å². The van der Waals surface area contributed by atoms with Crippen molar-refractivity contribution in [2.75, 3.05) is 13.1 Å². The van der Waals surface area contributed by atoms with E-state index in [9.17, 15) is 5.26 Å². The first kappa shape index (κ1) is 14.0. The summed E-state index contributed by atoms with van der Waals surface area (Å²) in [7, 11) is 0. The molecule has 1 N–H and O–H groups in total. The number of hydrogen-bond acceptors (Lipinski definition) is 3. The number of hydrogen-bond donors (Lipinski definition) is 1. The number of nitrogens with zero attached hydrogens (tertiary/aromatic N) is 4. The van der Waals surface area contributed by atoms with E-state index in [1.807, 2.05) is 26.0 Å². The van der Waals surface area contributed by atoms with E-state index in [0.29, 0.717) is 13.1 Å². The van der Waals surface area contributed by atoms with E-state index in [4.69, 9.17) is 5.53 Å². The fraction of sp³-hybridized carbons (Fsp3) is 0.462. The van der Waals surface area contributed by atoms with E-state index >= 15 is 0 Å². The molecule has 1 aromatic rings. The van der Waals surface area contributed by atoms with E-state index in [0.717, 1.165) is 17.5 Å². The second-order valence-electron chi connectivity index (χ2n) is 4.18. The highest BCUT2D eigenvalue weighted by Gasteiger charge is 2.11. The lowest BCUT2D eigenvalue weighted by Crippen LogP contribution is -2.22. The molecule has 0 aliphatic rings. The van der Waals surface area contributed by atoms with Gasteiger partial charge in [-0.2, -0.15) is 5.26 Å². The standard InChI is InChI=1S/C13H17N5/c1-10-4-5-12(11(2)8-10)13(9-14)16-6-3-7-17-18-15/h4-5,8,13,16H,3,6-7H2,1-2H3. The molecule has 0 heterocycles. The Kier molecular flexibility index (Phi) is 5.72. The molecule has 1 unspecified atom stereocenters. The van der Waals surface area contributed by atoms with Crippen LogP contribution in [-0.2, 0) is 0 Å². The molecule has 18 heavy (non-hydrogen) atoms. The number of benzene rings is 1. The highest BCUT2D eigenvalue weighted by Crippen LogP contribution is 2.18. The van der Waals surface area contributed by atoms with Crippen molar-refractivity contribution in [3.8, 4) is 6.07 Å². The second-order valence-corrected chi connectivity index (χ2v) is 4.18. The monoisotopic (exact) mass is 243 g/mol. The molecule has 0 saturated heterocycles. The smallest absolute Gasteiger partial charge is 0.121 e. The first-order valence-corrected chi connectivity index (χ1v) is 5.90. The average molecular weight is 243 g/mol. The Labute approximate surface area is 107 Å². The molecule has 94 valence electrons. The molecule has 0 aromatic heterocycles. The van der Waals surface area contributed by atoms with Gasteiger partial charge in [0.1, 0.15) is 6.04 Å². The Balaban J connectivity index is 2.61. The molecule has 0 aliphatic carbocycles. The number of rotatable bonds is 6. The predicted molar refractivity (Wildman–Crippen MR) is 70.9 cm³/mol. The molecule has 0 bridgehead atoms. The van der Waals surface area contributed by atoms with E-state index in [1.165, 1.54) is 5.56 Å². The van der Waals surface area contributed by atoms with Crippen molar-refractivity contribution in [2.45, 2.75) is 26.3 Å². The summed E-state index contributed by atoms with van der Waals surface area (Å²) in [6.07, 6.45) is 0.729. The number of nitriles is 1. The van der Waals surface area contributed by atoms with Gasteiger partial charge in [-0.05, 0) is 43.5 Å². The quantitative estimate of drug-likeness (QED) is 0.360. The molecule has 1 rings (SSSR count). The summed E-state index contributed by atoms with van der Waals surface area (Å²) in [5.74, 6) is 0. The largest absolute Gasteiger partial charge is 0.298 e. The molecular formula is C13H17N5. The molecule has 0 amide bonds. The second kappa shape index (κ2) is 7.33. The van der Waals surface area contributed by atoms with Gasteiger partial charge < -0.3 is 0 Å². The van der Waals surface area contributed by atoms with Crippen molar-refractivity contribution in [2.24, 2.45) is 5.11 Å². The van der Waals surface area contributed by atoms with Crippen LogP contribution in [0.2, 0.25) is 0 Å². The van der Waals surface area contributed by atoms with Crippen LogP contribution >= 0.6 is 0 Å². The lowest BCUT2D eigenvalue weighted by Gasteiger charge is -2.14. The van der Waals surface area contributed by atoms with Crippen molar-refractivity contribution < 1.29 is 0 Å². The van der Waals surface area contributed by atoms with Crippen molar-refractivity contribution >= 4 is 0 Å². The summed E-state index contributed by atoms with van der Waals surface area (Å²) >= 11 is 0. The maximum atomic E-state index is 9.18. The topological polar surface area (TPSA) is 84.6 Å². The summed E-state index contributed by atoms with van der Waals surface area (Å²) in [6, 6.07) is 8.01. The molecule has 0 fully saturated rings. The average Bonchev–Trinajstić information content (AvgIpc) is 2.35. The normalized spacial score (nSPS) is 11.4. The first-order valence-electron chi connectivity index (χ1n) is 5.90. The minimum absolute atomic E-state index is 0.309. The van der Waals surface area contributed by atoms with Gasteiger partial charge in [0.25, 0.3) is 0 Å². The van der Waals surface area contributed by atoms with Crippen LogP contribution < -0.4 is 5.32 Å². The molecule has 1 aromatic carbocycles. The molecule has 0 saturated carbocycles. The zero-order valence-corrected chi connectivity index (χ0v) is 10.7. The van der Waals surface area contributed by atoms with Gasteiger partial charge in [0, 0.05) is 11.5 Å². The van der Waals surface area contributed by atoms with Crippen molar-refractivity contribution in [1.82, 2.24) is 5.32 Å². The zero-order chi connectivity index (χ0) is 13.4. The molecule has 1 atom stereocenters. The van der Waals surface area contributed by atoms with Gasteiger partial charge in [-0.25, -0.2) is 0 Å². The third-order valence-electron chi connectivity index (χ3n) is 2.71. The Bertz CT molecular complexity index is 483. The SMILES string of the molecule is Cc1ccc(C(C#N)NCCCN=[N+]=[N-])c(C)c1. The van der Waals surface area contributed by atoms with Crippen LogP contribution in [0.4, 0.5) is 0 Å². The Morgan fingerprint density at radius 2 is 2.28 bits per heavy atom. The first-order chi connectivity index (χ1) is 8.69. The van der Waals surface area contributed by atoms with Crippen LogP contribution in [-0.4, -0.2) is 13.1 Å². The highest BCUT2D eigenvalue weighted by molar-refractivity contribution is 5.35. The van der Waals surface area contributed by atoms with Crippen LogP contribution in [0.15, 0.2) is 23.3 Å².